The van der Waals surface area contributed by atoms with Crippen molar-refractivity contribution in [2.45, 2.75) is 20.4 Å². The molecule has 0 aliphatic carbocycles. The van der Waals surface area contributed by atoms with Crippen molar-refractivity contribution >= 4 is 35.0 Å². The summed E-state index contributed by atoms with van der Waals surface area (Å²) in [6, 6.07) is 10.4. The van der Waals surface area contributed by atoms with Gasteiger partial charge in [-0.1, -0.05) is 29.3 Å². The Hall–Kier alpha value is -3.03. The standard InChI is InChI=1S/C22H18Cl2N2O5/c1-12-7-15(17(27)10-29-22(28)21-16(23)4-6-20(24)25-21)13(2)26(12)9-14-3-5-18-19(8-14)31-11-30-18/h3-8H,9-11H2,1-2H3. The Balaban J connectivity index is 1.47. The van der Waals surface area contributed by atoms with E-state index in [4.69, 9.17) is 37.4 Å². The minimum Gasteiger partial charge on any atom is -0.454 e. The molecule has 1 aromatic carbocycles. The number of fused-ring (bicyclic) bond motifs is 1. The average molecular weight is 461 g/mol. The predicted molar refractivity (Wildman–Crippen MR) is 114 cm³/mol. The summed E-state index contributed by atoms with van der Waals surface area (Å²) in [5.41, 5.74) is 3.05. The van der Waals surface area contributed by atoms with Gasteiger partial charge < -0.3 is 18.8 Å². The van der Waals surface area contributed by atoms with Gasteiger partial charge in [0.05, 0.1) is 5.02 Å². The first-order valence-corrected chi connectivity index (χ1v) is 10.2. The third-order valence-electron chi connectivity index (χ3n) is 4.99. The average Bonchev–Trinajstić information content (AvgIpc) is 3.33. The van der Waals surface area contributed by atoms with Crippen molar-refractivity contribution in [3.05, 3.63) is 74.8 Å². The summed E-state index contributed by atoms with van der Waals surface area (Å²) < 4.78 is 17.9. The van der Waals surface area contributed by atoms with Crippen LogP contribution in [0.1, 0.15) is 37.8 Å². The predicted octanol–water partition coefficient (Wildman–Crippen LogP) is 4.62. The highest BCUT2D eigenvalue weighted by molar-refractivity contribution is 6.34. The minimum absolute atomic E-state index is 0.101. The summed E-state index contributed by atoms with van der Waals surface area (Å²) in [6.45, 7) is 4.11. The van der Waals surface area contributed by atoms with Gasteiger partial charge in [0.2, 0.25) is 12.6 Å². The first kappa shape index (κ1) is 21.2. The lowest BCUT2D eigenvalue weighted by Crippen LogP contribution is -2.16. The van der Waals surface area contributed by atoms with E-state index in [0.717, 1.165) is 22.7 Å². The molecular formula is C22H18Cl2N2O5. The van der Waals surface area contributed by atoms with E-state index in [1.165, 1.54) is 12.1 Å². The second kappa shape index (κ2) is 8.61. The van der Waals surface area contributed by atoms with Crippen LogP contribution in [0, 0.1) is 13.8 Å². The third-order valence-corrected chi connectivity index (χ3v) is 5.51. The van der Waals surface area contributed by atoms with Gasteiger partial charge >= 0.3 is 5.97 Å². The highest BCUT2D eigenvalue weighted by Gasteiger charge is 2.21. The van der Waals surface area contributed by atoms with Crippen LogP contribution in [0.4, 0.5) is 0 Å². The molecule has 7 nitrogen and oxygen atoms in total. The van der Waals surface area contributed by atoms with E-state index in [2.05, 4.69) is 4.98 Å². The molecule has 3 heterocycles. The Morgan fingerprint density at radius 1 is 1.10 bits per heavy atom. The number of hydrogen-bond donors (Lipinski definition) is 0. The van der Waals surface area contributed by atoms with Gasteiger partial charge in [-0.05, 0) is 49.7 Å². The Labute approximate surface area is 188 Å². The number of carbonyl (C=O) groups excluding carboxylic acids is 2. The van der Waals surface area contributed by atoms with Gasteiger partial charge in [-0.25, -0.2) is 9.78 Å². The normalized spacial score (nSPS) is 12.1. The van der Waals surface area contributed by atoms with Crippen molar-refractivity contribution in [3.63, 3.8) is 0 Å². The first-order valence-electron chi connectivity index (χ1n) is 9.41. The molecular weight excluding hydrogens is 443 g/mol. The Morgan fingerprint density at radius 3 is 2.68 bits per heavy atom. The fourth-order valence-corrected chi connectivity index (χ4v) is 3.72. The second-order valence-corrected chi connectivity index (χ2v) is 7.82. The van der Waals surface area contributed by atoms with Crippen LogP contribution in [-0.2, 0) is 11.3 Å². The van der Waals surface area contributed by atoms with Gasteiger partial charge in [0.1, 0.15) is 5.15 Å². The van der Waals surface area contributed by atoms with Crippen LogP contribution in [0.3, 0.4) is 0 Å². The molecule has 0 amide bonds. The summed E-state index contributed by atoms with van der Waals surface area (Å²) in [7, 11) is 0. The van der Waals surface area contributed by atoms with E-state index in [1.807, 2.05) is 36.6 Å². The molecule has 0 radical (unpaired) electrons. The SMILES string of the molecule is Cc1cc(C(=O)COC(=O)c2nc(Cl)ccc2Cl)c(C)n1Cc1ccc2c(c1)OCO2. The Bertz CT molecular complexity index is 1190. The number of ketones is 1. The zero-order valence-electron chi connectivity index (χ0n) is 16.8. The zero-order valence-corrected chi connectivity index (χ0v) is 18.3. The van der Waals surface area contributed by atoms with Gasteiger partial charge in [0.15, 0.2) is 23.8 Å². The summed E-state index contributed by atoms with van der Waals surface area (Å²) in [5, 5.41) is 0.207. The van der Waals surface area contributed by atoms with Crippen LogP contribution in [0.25, 0.3) is 0 Å². The number of aromatic nitrogens is 2. The number of Topliss-reactive ketones (excluding diaryl/α,β-unsaturated/α-hetero) is 1. The second-order valence-electron chi connectivity index (χ2n) is 7.02. The molecule has 9 heteroatoms. The van der Waals surface area contributed by atoms with Gasteiger partial charge in [0.25, 0.3) is 0 Å². The maximum Gasteiger partial charge on any atom is 0.359 e. The molecule has 4 rings (SSSR count). The molecule has 0 unspecified atom stereocenters. The highest BCUT2D eigenvalue weighted by atomic mass is 35.5. The fourth-order valence-electron chi connectivity index (χ4n) is 3.39. The topological polar surface area (TPSA) is 79.7 Å². The maximum absolute atomic E-state index is 12.7. The number of esters is 1. The number of nitrogens with zero attached hydrogens (tertiary/aromatic N) is 2. The molecule has 0 atom stereocenters. The first-order chi connectivity index (χ1) is 14.8. The van der Waals surface area contributed by atoms with Crippen molar-refractivity contribution < 1.29 is 23.8 Å². The number of aryl methyl sites for hydroxylation is 1. The molecule has 160 valence electrons. The van der Waals surface area contributed by atoms with E-state index in [0.29, 0.717) is 17.9 Å². The largest absolute Gasteiger partial charge is 0.454 e. The number of hydrogen-bond acceptors (Lipinski definition) is 6. The van der Waals surface area contributed by atoms with Crippen LogP contribution in [0.15, 0.2) is 36.4 Å². The molecule has 0 N–H and O–H groups in total. The molecule has 0 saturated carbocycles. The molecule has 0 fully saturated rings. The van der Waals surface area contributed by atoms with Crippen molar-refractivity contribution in [3.8, 4) is 11.5 Å². The van der Waals surface area contributed by atoms with Crippen molar-refractivity contribution in [1.29, 1.82) is 0 Å². The molecule has 0 bridgehead atoms. The lowest BCUT2D eigenvalue weighted by atomic mass is 10.1. The Morgan fingerprint density at radius 2 is 1.87 bits per heavy atom. The van der Waals surface area contributed by atoms with Gasteiger partial charge in [-0.15, -0.1) is 0 Å². The number of pyridine rings is 1. The van der Waals surface area contributed by atoms with E-state index < -0.39 is 12.6 Å². The maximum atomic E-state index is 12.7. The molecule has 3 aromatic rings. The third kappa shape index (κ3) is 4.38. The lowest BCUT2D eigenvalue weighted by Gasteiger charge is -2.11. The van der Waals surface area contributed by atoms with E-state index in [1.54, 1.807) is 6.07 Å². The van der Waals surface area contributed by atoms with E-state index in [9.17, 15) is 9.59 Å². The van der Waals surface area contributed by atoms with Crippen molar-refractivity contribution in [1.82, 2.24) is 9.55 Å². The molecule has 0 spiro atoms. The molecule has 2 aromatic heterocycles. The lowest BCUT2D eigenvalue weighted by molar-refractivity contribution is 0.0469. The van der Waals surface area contributed by atoms with E-state index >= 15 is 0 Å². The molecule has 1 aliphatic rings. The smallest absolute Gasteiger partial charge is 0.359 e. The monoisotopic (exact) mass is 460 g/mol. The van der Waals surface area contributed by atoms with Crippen molar-refractivity contribution in [2.24, 2.45) is 0 Å². The minimum atomic E-state index is -0.810. The fraction of sp³-hybridized carbons (Fsp3) is 0.227. The number of carbonyl (C=O) groups is 2. The summed E-state index contributed by atoms with van der Waals surface area (Å²) >= 11 is 11.8. The van der Waals surface area contributed by atoms with E-state index in [-0.39, 0.29) is 28.4 Å². The highest BCUT2D eigenvalue weighted by Crippen LogP contribution is 2.33. The summed E-state index contributed by atoms with van der Waals surface area (Å²) in [6.07, 6.45) is 0. The van der Waals surface area contributed by atoms with Gasteiger partial charge in [0, 0.05) is 23.5 Å². The summed E-state index contributed by atoms with van der Waals surface area (Å²) in [4.78, 5) is 28.8. The molecule has 1 aliphatic heterocycles. The van der Waals surface area contributed by atoms with Crippen LogP contribution >= 0.6 is 23.2 Å². The zero-order chi connectivity index (χ0) is 22.1. The van der Waals surface area contributed by atoms with Crippen LogP contribution in [0.2, 0.25) is 10.2 Å². The van der Waals surface area contributed by atoms with Crippen LogP contribution in [0.5, 0.6) is 11.5 Å². The Kier molecular flexibility index (Phi) is 5.89. The molecule has 0 saturated heterocycles. The van der Waals surface area contributed by atoms with Crippen LogP contribution in [-0.4, -0.2) is 34.7 Å². The van der Waals surface area contributed by atoms with Gasteiger partial charge in [-0.3, -0.25) is 4.79 Å². The molecule has 31 heavy (non-hydrogen) atoms. The van der Waals surface area contributed by atoms with Crippen molar-refractivity contribution in [2.75, 3.05) is 13.4 Å². The van der Waals surface area contributed by atoms with Crippen LogP contribution < -0.4 is 9.47 Å². The number of ether oxygens (including phenoxy) is 3. The summed E-state index contributed by atoms with van der Waals surface area (Å²) in [5.74, 6) is 0.291. The number of benzene rings is 1. The number of halogens is 2. The van der Waals surface area contributed by atoms with Gasteiger partial charge in [-0.2, -0.15) is 0 Å². The quantitative estimate of drug-likeness (QED) is 0.303. The number of rotatable bonds is 6.